The molecule has 0 aliphatic rings. The van der Waals surface area contributed by atoms with E-state index >= 15 is 0 Å². The number of anilines is 1. The second-order valence-electron chi connectivity index (χ2n) is 3.55. The van der Waals surface area contributed by atoms with Crippen molar-refractivity contribution in [1.29, 1.82) is 0 Å². The minimum absolute atomic E-state index is 0.0721. The van der Waals surface area contributed by atoms with Gasteiger partial charge in [0.15, 0.2) is 11.5 Å². The Kier molecular flexibility index (Phi) is 6.03. The fraction of sp³-hybridized carbons (Fsp3) is 0.545. The van der Waals surface area contributed by atoms with Gasteiger partial charge in [0.25, 0.3) is 0 Å². The highest BCUT2D eigenvalue weighted by atomic mass is 16.5. The van der Waals surface area contributed by atoms with Gasteiger partial charge in [-0.2, -0.15) is 0 Å². The van der Waals surface area contributed by atoms with Crippen LogP contribution < -0.4 is 4.90 Å². The van der Waals surface area contributed by atoms with Gasteiger partial charge >= 0.3 is 5.97 Å². The fourth-order valence-corrected chi connectivity index (χ4v) is 1.35. The SMILES string of the molecule is COCCN(CCOC)c1ccc(C(=O)O)nn1. The summed E-state index contributed by atoms with van der Waals surface area (Å²) in [5.74, 6) is -0.483. The highest BCUT2D eigenvalue weighted by Gasteiger charge is 2.10. The van der Waals surface area contributed by atoms with Crippen LogP contribution in [0, 0.1) is 0 Å². The zero-order chi connectivity index (χ0) is 13.4. The highest BCUT2D eigenvalue weighted by molar-refractivity contribution is 5.85. The third kappa shape index (κ3) is 4.27. The van der Waals surface area contributed by atoms with Crippen LogP contribution >= 0.6 is 0 Å². The number of aromatic nitrogens is 2. The van der Waals surface area contributed by atoms with Gasteiger partial charge in [-0.3, -0.25) is 0 Å². The molecule has 0 bridgehead atoms. The lowest BCUT2D eigenvalue weighted by atomic mass is 10.3. The van der Waals surface area contributed by atoms with E-state index < -0.39 is 5.97 Å². The van der Waals surface area contributed by atoms with Crippen molar-refractivity contribution in [2.24, 2.45) is 0 Å². The maximum absolute atomic E-state index is 10.7. The number of hydrogen-bond donors (Lipinski definition) is 1. The Hall–Kier alpha value is -1.73. The Morgan fingerprint density at radius 1 is 1.22 bits per heavy atom. The summed E-state index contributed by atoms with van der Waals surface area (Å²) >= 11 is 0. The molecule has 0 aliphatic heterocycles. The summed E-state index contributed by atoms with van der Waals surface area (Å²) in [6.45, 7) is 2.38. The van der Waals surface area contributed by atoms with Crippen LogP contribution in [0.2, 0.25) is 0 Å². The van der Waals surface area contributed by atoms with E-state index in [0.717, 1.165) is 0 Å². The van der Waals surface area contributed by atoms with Crippen LogP contribution in [-0.2, 0) is 9.47 Å². The Morgan fingerprint density at radius 2 is 1.83 bits per heavy atom. The molecule has 7 nitrogen and oxygen atoms in total. The third-order valence-electron chi connectivity index (χ3n) is 2.32. The van der Waals surface area contributed by atoms with Gasteiger partial charge < -0.3 is 19.5 Å². The maximum Gasteiger partial charge on any atom is 0.356 e. The Bertz CT molecular complexity index is 361. The number of ether oxygens (including phenoxy) is 2. The van der Waals surface area contributed by atoms with Gasteiger partial charge in [-0.25, -0.2) is 4.79 Å². The van der Waals surface area contributed by atoms with Gasteiger partial charge in [0.1, 0.15) is 0 Å². The molecule has 0 atom stereocenters. The largest absolute Gasteiger partial charge is 0.476 e. The molecule has 100 valence electrons. The highest BCUT2D eigenvalue weighted by Crippen LogP contribution is 2.09. The maximum atomic E-state index is 10.7. The van der Waals surface area contributed by atoms with E-state index in [9.17, 15) is 4.79 Å². The summed E-state index contributed by atoms with van der Waals surface area (Å²) in [5.41, 5.74) is -0.0721. The minimum atomic E-state index is -1.09. The average molecular weight is 255 g/mol. The standard InChI is InChI=1S/C11H17N3O4/c1-17-7-5-14(6-8-18-2)10-4-3-9(11(15)16)12-13-10/h3-4H,5-8H2,1-2H3,(H,15,16). The van der Waals surface area contributed by atoms with E-state index in [1.54, 1.807) is 20.3 Å². The molecule has 0 fully saturated rings. The van der Waals surface area contributed by atoms with Crippen molar-refractivity contribution in [3.05, 3.63) is 17.8 Å². The minimum Gasteiger partial charge on any atom is -0.476 e. The lowest BCUT2D eigenvalue weighted by molar-refractivity contribution is 0.0689. The molecule has 0 radical (unpaired) electrons. The first-order valence-electron chi connectivity index (χ1n) is 5.49. The number of nitrogens with zero attached hydrogens (tertiary/aromatic N) is 3. The Labute approximate surface area is 105 Å². The van der Waals surface area contributed by atoms with Crippen molar-refractivity contribution >= 4 is 11.8 Å². The van der Waals surface area contributed by atoms with E-state index in [0.29, 0.717) is 32.1 Å². The van der Waals surface area contributed by atoms with Crippen molar-refractivity contribution in [2.75, 3.05) is 45.4 Å². The lowest BCUT2D eigenvalue weighted by Gasteiger charge is -2.22. The van der Waals surface area contributed by atoms with Crippen molar-refractivity contribution in [1.82, 2.24) is 10.2 Å². The first-order valence-corrected chi connectivity index (χ1v) is 5.49. The predicted octanol–water partition coefficient (Wildman–Crippen LogP) is 0.274. The van der Waals surface area contributed by atoms with Gasteiger partial charge in [0.2, 0.25) is 0 Å². The van der Waals surface area contributed by atoms with Crippen LogP contribution in [0.4, 0.5) is 5.82 Å². The quantitative estimate of drug-likeness (QED) is 0.713. The van der Waals surface area contributed by atoms with Gasteiger partial charge in [-0.05, 0) is 12.1 Å². The third-order valence-corrected chi connectivity index (χ3v) is 2.32. The van der Waals surface area contributed by atoms with Crippen LogP contribution in [-0.4, -0.2) is 61.8 Å². The zero-order valence-corrected chi connectivity index (χ0v) is 10.5. The van der Waals surface area contributed by atoms with Gasteiger partial charge in [0.05, 0.1) is 13.2 Å². The molecule has 7 heteroatoms. The summed E-state index contributed by atoms with van der Waals surface area (Å²) < 4.78 is 10.0. The van der Waals surface area contributed by atoms with E-state index in [1.807, 2.05) is 4.90 Å². The summed E-state index contributed by atoms with van der Waals surface area (Å²) in [4.78, 5) is 12.6. The summed E-state index contributed by atoms with van der Waals surface area (Å²) in [5, 5.41) is 16.3. The Balaban J connectivity index is 2.73. The molecule has 1 aromatic heterocycles. The molecule has 0 saturated carbocycles. The summed E-state index contributed by atoms with van der Waals surface area (Å²) in [6, 6.07) is 3.05. The number of aromatic carboxylic acids is 1. The predicted molar refractivity (Wildman–Crippen MR) is 65.0 cm³/mol. The molecule has 0 aliphatic carbocycles. The monoisotopic (exact) mass is 255 g/mol. The Morgan fingerprint density at radius 3 is 2.22 bits per heavy atom. The number of hydrogen-bond acceptors (Lipinski definition) is 6. The first-order chi connectivity index (χ1) is 8.69. The lowest BCUT2D eigenvalue weighted by Crippen LogP contribution is -2.31. The van der Waals surface area contributed by atoms with Crippen molar-refractivity contribution in [3.63, 3.8) is 0 Å². The molecule has 0 unspecified atom stereocenters. The second-order valence-corrected chi connectivity index (χ2v) is 3.55. The normalized spacial score (nSPS) is 10.3. The second kappa shape index (κ2) is 7.57. The number of rotatable bonds is 8. The fourth-order valence-electron chi connectivity index (χ4n) is 1.35. The number of carboxylic acid groups (broad SMARTS) is 1. The molecule has 0 aromatic carbocycles. The zero-order valence-electron chi connectivity index (χ0n) is 10.5. The first kappa shape index (κ1) is 14.3. The number of methoxy groups -OCH3 is 2. The number of carboxylic acids is 1. The van der Waals surface area contributed by atoms with Crippen molar-refractivity contribution in [2.45, 2.75) is 0 Å². The average Bonchev–Trinajstić information content (AvgIpc) is 2.39. The molecule has 1 N–H and O–H groups in total. The number of carbonyl (C=O) groups is 1. The van der Waals surface area contributed by atoms with Gasteiger partial charge in [-0.15, -0.1) is 10.2 Å². The summed E-state index contributed by atoms with van der Waals surface area (Å²) in [7, 11) is 3.24. The van der Waals surface area contributed by atoms with Crippen molar-refractivity contribution < 1.29 is 19.4 Å². The summed E-state index contributed by atoms with van der Waals surface area (Å²) in [6.07, 6.45) is 0. The van der Waals surface area contributed by atoms with E-state index in [4.69, 9.17) is 14.6 Å². The van der Waals surface area contributed by atoms with Gasteiger partial charge in [0, 0.05) is 27.3 Å². The smallest absolute Gasteiger partial charge is 0.356 e. The topological polar surface area (TPSA) is 84.8 Å². The van der Waals surface area contributed by atoms with Gasteiger partial charge in [-0.1, -0.05) is 0 Å². The molecule has 1 rings (SSSR count). The van der Waals surface area contributed by atoms with E-state index in [1.165, 1.54) is 6.07 Å². The molecule has 18 heavy (non-hydrogen) atoms. The van der Waals surface area contributed by atoms with Crippen LogP contribution in [0.1, 0.15) is 10.5 Å². The van der Waals surface area contributed by atoms with Crippen LogP contribution in [0.25, 0.3) is 0 Å². The van der Waals surface area contributed by atoms with Crippen LogP contribution in [0.3, 0.4) is 0 Å². The molecule has 1 heterocycles. The molecular formula is C11H17N3O4. The van der Waals surface area contributed by atoms with Crippen molar-refractivity contribution in [3.8, 4) is 0 Å². The van der Waals surface area contributed by atoms with Crippen LogP contribution in [0.5, 0.6) is 0 Å². The molecular weight excluding hydrogens is 238 g/mol. The van der Waals surface area contributed by atoms with E-state index in [2.05, 4.69) is 10.2 Å². The molecule has 1 aromatic rings. The molecule has 0 amide bonds. The van der Waals surface area contributed by atoms with Crippen LogP contribution in [0.15, 0.2) is 12.1 Å². The molecule has 0 spiro atoms. The molecule has 0 saturated heterocycles. The van der Waals surface area contributed by atoms with E-state index in [-0.39, 0.29) is 5.69 Å².